The average Bonchev–Trinajstić information content (AvgIpc) is 2.61. The lowest BCUT2D eigenvalue weighted by molar-refractivity contribution is 0.0261. The van der Waals surface area contributed by atoms with Crippen LogP contribution in [-0.4, -0.2) is 33.1 Å². The van der Waals surface area contributed by atoms with Crippen LogP contribution in [0.15, 0.2) is 54.6 Å². The van der Waals surface area contributed by atoms with Crippen molar-refractivity contribution < 1.29 is 24.2 Å². The molecule has 0 aliphatic carbocycles. The number of anilines is 1. The van der Waals surface area contributed by atoms with E-state index in [1.165, 1.54) is 36.4 Å². The standard InChI is InChI=1S/C17H13Cl3N2O5/c18-17(19,20)15(27-14(25)10-5-2-1-3-6-10)22-16(26)21-12-8-4-7-11(9-12)13(23)24/h1-9,15H,(H,23,24)(H2,21,22,26)/t15-/m0/s1. The van der Waals surface area contributed by atoms with E-state index in [1.54, 1.807) is 18.2 Å². The van der Waals surface area contributed by atoms with Crippen molar-refractivity contribution in [1.82, 2.24) is 5.32 Å². The average molecular weight is 432 g/mol. The highest BCUT2D eigenvalue weighted by Crippen LogP contribution is 2.31. The predicted molar refractivity (Wildman–Crippen MR) is 101 cm³/mol. The van der Waals surface area contributed by atoms with Gasteiger partial charge in [0, 0.05) is 5.69 Å². The Morgan fingerprint density at radius 3 is 2.19 bits per heavy atom. The van der Waals surface area contributed by atoms with Gasteiger partial charge in [-0.2, -0.15) is 0 Å². The maximum absolute atomic E-state index is 12.1. The van der Waals surface area contributed by atoms with E-state index in [1.807, 2.05) is 0 Å². The molecule has 0 spiro atoms. The molecule has 7 nitrogen and oxygen atoms in total. The molecule has 10 heteroatoms. The van der Waals surface area contributed by atoms with Gasteiger partial charge in [0.1, 0.15) is 0 Å². The Hall–Kier alpha value is -2.48. The Morgan fingerprint density at radius 2 is 1.59 bits per heavy atom. The molecule has 3 N–H and O–H groups in total. The molecule has 2 aromatic carbocycles. The summed E-state index contributed by atoms with van der Waals surface area (Å²) >= 11 is 17.3. The van der Waals surface area contributed by atoms with Crippen LogP contribution in [0, 0.1) is 0 Å². The van der Waals surface area contributed by atoms with Crippen molar-refractivity contribution in [3.05, 3.63) is 65.7 Å². The van der Waals surface area contributed by atoms with Crippen LogP contribution in [0.5, 0.6) is 0 Å². The van der Waals surface area contributed by atoms with E-state index >= 15 is 0 Å². The molecular formula is C17H13Cl3N2O5. The van der Waals surface area contributed by atoms with Crippen LogP contribution in [0.4, 0.5) is 10.5 Å². The van der Waals surface area contributed by atoms with E-state index in [2.05, 4.69) is 10.6 Å². The number of nitrogens with one attached hydrogen (secondary N) is 2. The number of benzene rings is 2. The van der Waals surface area contributed by atoms with Crippen molar-refractivity contribution >= 4 is 58.5 Å². The van der Waals surface area contributed by atoms with Gasteiger partial charge in [-0.05, 0) is 30.3 Å². The molecule has 0 heterocycles. The number of aromatic carboxylic acids is 1. The first-order valence-corrected chi connectivity index (χ1v) is 8.54. The number of esters is 1. The van der Waals surface area contributed by atoms with Crippen LogP contribution in [0.1, 0.15) is 20.7 Å². The molecule has 0 saturated heterocycles. The summed E-state index contributed by atoms with van der Waals surface area (Å²) in [6.45, 7) is 0. The smallest absolute Gasteiger partial charge is 0.340 e. The number of ether oxygens (including phenoxy) is 1. The summed E-state index contributed by atoms with van der Waals surface area (Å²) in [7, 11) is 0. The fraction of sp³-hybridized carbons (Fsp3) is 0.118. The van der Waals surface area contributed by atoms with Gasteiger partial charge in [-0.3, -0.25) is 5.32 Å². The van der Waals surface area contributed by atoms with Crippen molar-refractivity contribution in [3.63, 3.8) is 0 Å². The third-order valence-electron chi connectivity index (χ3n) is 3.16. The summed E-state index contributed by atoms with van der Waals surface area (Å²) in [4.78, 5) is 35.2. The molecule has 0 aliphatic rings. The summed E-state index contributed by atoms with van der Waals surface area (Å²) in [6.07, 6.45) is -1.60. The van der Waals surface area contributed by atoms with Crippen molar-refractivity contribution in [2.24, 2.45) is 0 Å². The number of rotatable bonds is 5. The summed E-state index contributed by atoms with van der Waals surface area (Å²) in [5, 5.41) is 13.6. The van der Waals surface area contributed by atoms with Gasteiger partial charge >= 0.3 is 18.0 Å². The van der Waals surface area contributed by atoms with E-state index in [0.717, 1.165) is 0 Å². The Bertz CT molecular complexity index is 840. The lowest BCUT2D eigenvalue weighted by Gasteiger charge is -2.25. The van der Waals surface area contributed by atoms with E-state index in [0.29, 0.717) is 0 Å². The first kappa shape index (κ1) is 20.8. The molecule has 0 unspecified atom stereocenters. The fourth-order valence-electron chi connectivity index (χ4n) is 1.94. The second-order valence-electron chi connectivity index (χ2n) is 5.18. The zero-order valence-electron chi connectivity index (χ0n) is 13.5. The molecule has 0 radical (unpaired) electrons. The van der Waals surface area contributed by atoms with Crippen molar-refractivity contribution in [1.29, 1.82) is 0 Å². The minimum atomic E-state index is -2.15. The first-order chi connectivity index (χ1) is 12.7. The van der Waals surface area contributed by atoms with Crippen LogP contribution < -0.4 is 10.6 Å². The zero-order chi connectivity index (χ0) is 20.0. The molecule has 1 atom stereocenters. The number of hydrogen-bond donors (Lipinski definition) is 3. The maximum Gasteiger partial charge on any atom is 0.340 e. The van der Waals surface area contributed by atoms with E-state index in [4.69, 9.17) is 44.6 Å². The first-order valence-electron chi connectivity index (χ1n) is 7.40. The highest BCUT2D eigenvalue weighted by atomic mass is 35.6. The van der Waals surface area contributed by atoms with Gasteiger partial charge in [0.05, 0.1) is 11.1 Å². The Labute approximate surface area is 169 Å². The third kappa shape index (κ3) is 6.32. The molecular weight excluding hydrogens is 419 g/mol. The second-order valence-corrected chi connectivity index (χ2v) is 7.55. The third-order valence-corrected chi connectivity index (χ3v) is 3.76. The summed E-state index contributed by atoms with van der Waals surface area (Å²) in [5.41, 5.74) is 0.360. The number of hydrogen-bond acceptors (Lipinski definition) is 4. The van der Waals surface area contributed by atoms with Crippen molar-refractivity contribution in [3.8, 4) is 0 Å². The molecule has 0 saturated carbocycles. The quantitative estimate of drug-likeness (QED) is 0.376. The van der Waals surface area contributed by atoms with Gasteiger partial charge < -0.3 is 15.2 Å². The van der Waals surface area contributed by atoms with E-state index in [9.17, 15) is 14.4 Å². The number of alkyl halides is 3. The van der Waals surface area contributed by atoms with Gasteiger partial charge in [-0.15, -0.1) is 0 Å². The molecule has 0 aromatic heterocycles. The minimum absolute atomic E-state index is 0.0266. The van der Waals surface area contributed by atoms with Crippen LogP contribution in [0.25, 0.3) is 0 Å². The van der Waals surface area contributed by atoms with Gasteiger partial charge in [-0.1, -0.05) is 59.1 Å². The second kappa shape index (κ2) is 8.94. The number of carboxylic acid groups (broad SMARTS) is 1. The van der Waals surface area contributed by atoms with Crippen molar-refractivity contribution in [2.75, 3.05) is 5.32 Å². The topological polar surface area (TPSA) is 105 Å². The normalized spacial score (nSPS) is 12.0. The van der Waals surface area contributed by atoms with Gasteiger partial charge in [0.25, 0.3) is 0 Å². The van der Waals surface area contributed by atoms with Gasteiger partial charge in [0.15, 0.2) is 0 Å². The Kier molecular flexibility index (Phi) is 6.90. The number of amides is 2. The number of halogens is 3. The highest BCUT2D eigenvalue weighted by molar-refractivity contribution is 6.68. The van der Waals surface area contributed by atoms with Gasteiger partial charge in [-0.25, -0.2) is 14.4 Å². The maximum atomic E-state index is 12.1. The predicted octanol–water partition coefficient (Wildman–Crippen LogP) is 4.06. The zero-order valence-corrected chi connectivity index (χ0v) is 15.8. The SMILES string of the molecule is O=C(Nc1cccc(C(=O)O)c1)N[C@@H](OC(=O)c1ccccc1)C(Cl)(Cl)Cl. The monoisotopic (exact) mass is 430 g/mol. The van der Waals surface area contributed by atoms with E-state index in [-0.39, 0.29) is 16.8 Å². The Balaban J connectivity index is 2.07. The fourth-order valence-corrected chi connectivity index (χ4v) is 2.24. The van der Waals surface area contributed by atoms with Crippen LogP contribution in [0.2, 0.25) is 0 Å². The van der Waals surface area contributed by atoms with Crippen molar-refractivity contribution in [2.45, 2.75) is 10.0 Å². The molecule has 2 rings (SSSR count). The van der Waals surface area contributed by atoms with Crippen LogP contribution in [0.3, 0.4) is 0 Å². The summed E-state index contributed by atoms with van der Waals surface area (Å²) < 4.78 is 2.92. The summed E-state index contributed by atoms with van der Waals surface area (Å²) in [5.74, 6) is -1.96. The summed E-state index contributed by atoms with van der Waals surface area (Å²) in [6, 6.07) is 12.6. The number of carbonyl (C=O) groups excluding carboxylic acids is 2. The molecule has 27 heavy (non-hydrogen) atoms. The number of urea groups is 1. The minimum Gasteiger partial charge on any atom is -0.478 e. The van der Waals surface area contributed by atoms with Crippen LogP contribution in [-0.2, 0) is 4.74 Å². The number of carbonyl (C=O) groups is 3. The molecule has 0 bridgehead atoms. The molecule has 0 fully saturated rings. The lowest BCUT2D eigenvalue weighted by Crippen LogP contribution is -2.48. The highest BCUT2D eigenvalue weighted by Gasteiger charge is 2.37. The molecule has 2 amide bonds. The Morgan fingerprint density at radius 1 is 0.963 bits per heavy atom. The molecule has 2 aromatic rings. The number of carboxylic acids is 1. The molecule has 142 valence electrons. The van der Waals surface area contributed by atoms with E-state index < -0.39 is 28.0 Å². The van der Waals surface area contributed by atoms with Crippen LogP contribution >= 0.6 is 34.8 Å². The largest absolute Gasteiger partial charge is 0.478 e. The van der Waals surface area contributed by atoms with Gasteiger partial charge in [0.2, 0.25) is 10.0 Å². The lowest BCUT2D eigenvalue weighted by atomic mass is 10.2. The molecule has 0 aliphatic heterocycles.